The number of benzene rings is 3. The number of ether oxygens (including phenoxy) is 3. The van der Waals surface area contributed by atoms with Crippen LogP contribution in [0.5, 0.6) is 17.2 Å². The number of aryl methyl sites for hydroxylation is 1. The molecule has 0 spiro atoms. The smallest absolute Gasteiger partial charge is 0.343 e. The van der Waals surface area contributed by atoms with E-state index in [0.717, 1.165) is 12.0 Å². The second-order valence-corrected chi connectivity index (χ2v) is 6.81. The van der Waals surface area contributed by atoms with Crippen molar-refractivity contribution in [2.75, 3.05) is 7.11 Å². The Morgan fingerprint density at radius 2 is 1.67 bits per heavy atom. The SMILES string of the molecule is CCc1ccc(/C=C2\Oc3cc(OC(=O)c4ccc(OC)cc4)ccc3C2=O)cc1. The highest BCUT2D eigenvalue weighted by atomic mass is 16.5. The largest absolute Gasteiger partial charge is 0.497 e. The molecule has 1 aliphatic heterocycles. The number of esters is 1. The highest BCUT2D eigenvalue weighted by molar-refractivity contribution is 6.14. The van der Waals surface area contributed by atoms with Crippen molar-refractivity contribution in [1.29, 1.82) is 0 Å². The summed E-state index contributed by atoms with van der Waals surface area (Å²) < 4.78 is 16.3. The molecule has 0 radical (unpaired) electrons. The fourth-order valence-electron chi connectivity index (χ4n) is 3.12. The molecule has 0 N–H and O–H groups in total. The van der Waals surface area contributed by atoms with Crippen molar-refractivity contribution < 1.29 is 23.8 Å². The van der Waals surface area contributed by atoms with E-state index in [2.05, 4.69) is 6.92 Å². The second kappa shape index (κ2) is 8.25. The number of fused-ring (bicyclic) bond motifs is 1. The third-order valence-corrected chi connectivity index (χ3v) is 4.86. The van der Waals surface area contributed by atoms with Gasteiger partial charge in [-0.1, -0.05) is 31.2 Å². The Labute approximate surface area is 174 Å². The van der Waals surface area contributed by atoms with E-state index < -0.39 is 5.97 Å². The molecule has 0 atom stereocenters. The Balaban J connectivity index is 1.51. The third kappa shape index (κ3) is 3.96. The number of rotatable bonds is 5. The van der Waals surface area contributed by atoms with Gasteiger partial charge in [-0.05, 0) is 60.0 Å². The summed E-state index contributed by atoms with van der Waals surface area (Å²) in [6, 6.07) is 19.3. The Morgan fingerprint density at radius 3 is 2.33 bits per heavy atom. The number of methoxy groups -OCH3 is 1. The lowest BCUT2D eigenvalue weighted by Gasteiger charge is -2.06. The molecule has 1 aliphatic rings. The molecular weight excluding hydrogens is 380 g/mol. The van der Waals surface area contributed by atoms with Crippen molar-refractivity contribution >= 4 is 17.8 Å². The molecule has 5 nitrogen and oxygen atoms in total. The molecule has 0 aliphatic carbocycles. The van der Waals surface area contributed by atoms with Gasteiger partial charge in [0.2, 0.25) is 5.78 Å². The normalized spacial score (nSPS) is 13.7. The number of ketones is 1. The van der Waals surface area contributed by atoms with Crippen LogP contribution in [0, 0.1) is 0 Å². The lowest BCUT2D eigenvalue weighted by molar-refractivity contribution is 0.0734. The van der Waals surface area contributed by atoms with Gasteiger partial charge in [-0.3, -0.25) is 4.79 Å². The van der Waals surface area contributed by atoms with Gasteiger partial charge in [-0.25, -0.2) is 4.79 Å². The molecule has 0 bridgehead atoms. The van der Waals surface area contributed by atoms with Gasteiger partial charge in [0.25, 0.3) is 0 Å². The molecule has 0 amide bonds. The molecule has 0 saturated heterocycles. The minimum atomic E-state index is -0.506. The average Bonchev–Trinajstić information content (AvgIpc) is 3.08. The van der Waals surface area contributed by atoms with Crippen molar-refractivity contribution in [2.24, 2.45) is 0 Å². The first kappa shape index (κ1) is 19.5. The van der Waals surface area contributed by atoms with Crippen molar-refractivity contribution in [3.63, 3.8) is 0 Å². The van der Waals surface area contributed by atoms with Crippen LogP contribution in [0.3, 0.4) is 0 Å². The van der Waals surface area contributed by atoms with Crippen LogP contribution in [0.2, 0.25) is 0 Å². The van der Waals surface area contributed by atoms with Crippen LogP contribution in [0.15, 0.2) is 72.5 Å². The number of carbonyl (C=O) groups excluding carboxylic acids is 2. The van der Waals surface area contributed by atoms with Gasteiger partial charge in [0.1, 0.15) is 17.2 Å². The molecular formula is C25H20O5. The maximum Gasteiger partial charge on any atom is 0.343 e. The zero-order valence-electron chi connectivity index (χ0n) is 16.7. The standard InChI is InChI=1S/C25H20O5/c1-3-16-4-6-17(7-5-16)14-23-24(26)21-13-12-20(15-22(21)30-23)29-25(27)18-8-10-19(28-2)11-9-18/h4-15H,3H2,1-2H3/b23-14-. The molecule has 4 rings (SSSR count). The van der Waals surface area contributed by atoms with Crippen molar-refractivity contribution in [2.45, 2.75) is 13.3 Å². The predicted octanol–water partition coefficient (Wildman–Crippen LogP) is 5.09. The summed E-state index contributed by atoms with van der Waals surface area (Å²) in [6.45, 7) is 2.09. The van der Waals surface area contributed by atoms with Gasteiger partial charge < -0.3 is 14.2 Å². The fraction of sp³-hybridized carbons (Fsp3) is 0.120. The summed E-state index contributed by atoms with van der Waals surface area (Å²) in [5, 5.41) is 0. The van der Waals surface area contributed by atoms with Gasteiger partial charge in [-0.2, -0.15) is 0 Å². The van der Waals surface area contributed by atoms with Crippen LogP contribution in [-0.4, -0.2) is 18.9 Å². The van der Waals surface area contributed by atoms with E-state index in [0.29, 0.717) is 28.4 Å². The van der Waals surface area contributed by atoms with E-state index in [1.165, 1.54) is 5.56 Å². The van der Waals surface area contributed by atoms with Crippen LogP contribution < -0.4 is 14.2 Å². The number of Topliss-reactive ketones (excluding diaryl/α,β-unsaturated/α-hetero) is 1. The molecule has 0 saturated carbocycles. The summed E-state index contributed by atoms with van der Waals surface area (Å²) in [5.74, 6) is 0.867. The quantitative estimate of drug-likeness (QED) is 0.339. The summed E-state index contributed by atoms with van der Waals surface area (Å²) in [5.41, 5.74) is 2.94. The first-order valence-electron chi connectivity index (χ1n) is 9.61. The molecule has 0 unspecified atom stereocenters. The molecule has 0 aromatic heterocycles. The maximum absolute atomic E-state index is 12.6. The minimum absolute atomic E-state index is 0.197. The van der Waals surface area contributed by atoms with E-state index in [1.807, 2.05) is 24.3 Å². The molecule has 3 aromatic carbocycles. The van der Waals surface area contributed by atoms with Gasteiger partial charge in [0, 0.05) is 6.07 Å². The maximum atomic E-state index is 12.6. The van der Waals surface area contributed by atoms with Crippen molar-refractivity contribution in [3.05, 3.63) is 94.7 Å². The Kier molecular flexibility index (Phi) is 5.35. The Hall–Kier alpha value is -3.86. The van der Waals surface area contributed by atoms with Crippen molar-refractivity contribution in [3.8, 4) is 17.2 Å². The highest BCUT2D eigenvalue weighted by Gasteiger charge is 2.28. The fourth-order valence-corrected chi connectivity index (χ4v) is 3.12. The van der Waals surface area contributed by atoms with Gasteiger partial charge in [0.15, 0.2) is 5.76 Å². The van der Waals surface area contributed by atoms with E-state index in [9.17, 15) is 9.59 Å². The molecule has 1 heterocycles. The monoisotopic (exact) mass is 400 g/mol. The molecule has 30 heavy (non-hydrogen) atoms. The van der Waals surface area contributed by atoms with Crippen LogP contribution in [0.25, 0.3) is 6.08 Å². The molecule has 0 fully saturated rings. The molecule has 3 aromatic rings. The highest BCUT2D eigenvalue weighted by Crippen LogP contribution is 2.35. The topological polar surface area (TPSA) is 61.8 Å². The Morgan fingerprint density at radius 1 is 0.967 bits per heavy atom. The summed E-state index contributed by atoms with van der Waals surface area (Å²) in [6.07, 6.45) is 2.67. The van der Waals surface area contributed by atoms with Crippen LogP contribution in [0.1, 0.15) is 38.8 Å². The van der Waals surface area contributed by atoms with Crippen molar-refractivity contribution in [1.82, 2.24) is 0 Å². The lowest BCUT2D eigenvalue weighted by atomic mass is 10.1. The lowest BCUT2D eigenvalue weighted by Crippen LogP contribution is -2.08. The summed E-state index contributed by atoms with van der Waals surface area (Å²) in [7, 11) is 1.56. The number of allylic oxidation sites excluding steroid dienone is 1. The first-order valence-corrected chi connectivity index (χ1v) is 9.61. The average molecular weight is 400 g/mol. The van der Waals surface area contributed by atoms with Crippen LogP contribution in [0.4, 0.5) is 0 Å². The third-order valence-electron chi connectivity index (χ3n) is 4.86. The Bertz CT molecular complexity index is 1130. The summed E-state index contributed by atoms with van der Waals surface area (Å²) >= 11 is 0. The van der Waals surface area contributed by atoms with E-state index in [4.69, 9.17) is 14.2 Å². The minimum Gasteiger partial charge on any atom is -0.497 e. The van der Waals surface area contributed by atoms with Gasteiger partial charge in [-0.15, -0.1) is 0 Å². The van der Waals surface area contributed by atoms with Crippen LogP contribution >= 0.6 is 0 Å². The first-order chi connectivity index (χ1) is 14.6. The van der Waals surface area contributed by atoms with E-state index in [-0.39, 0.29) is 11.5 Å². The van der Waals surface area contributed by atoms with Crippen LogP contribution in [-0.2, 0) is 6.42 Å². The molecule has 5 heteroatoms. The number of hydrogen-bond donors (Lipinski definition) is 0. The zero-order chi connectivity index (χ0) is 21.1. The second-order valence-electron chi connectivity index (χ2n) is 6.81. The van der Waals surface area contributed by atoms with Gasteiger partial charge >= 0.3 is 5.97 Å². The van der Waals surface area contributed by atoms with Gasteiger partial charge in [0.05, 0.1) is 18.2 Å². The predicted molar refractivity (Wildman–Crippen MR) is 113 cm³/mol. The van der Waals surface area contributed by atoms with E-state index >= 15 is 0 Å². The van der Waals surface area contributed by atoms with E-state index in [1.54, 1.807) is 55.7 Å². The summed E-state index contributed by atoms with van der Waals surface area (Å²) in [4.78, 5) is 25.0. The molecule has 150 valence electrons. The zero-order valence-corrected chi connectivity index (χ0v) is 16.7. The number of carbonyl (C=O) groups is 2. The number of hydrogen-bond acceptors (Lipinski definition) is 5.